The maximum Gasteiger partial charge on any atom is 0.163 e. The van der Waals surface area contributed by atoms with Gasteiger partial charge in [0.05, 0.1) is 24.6 Å². The molecule has 1 aromatic carbocycles. The highest BCUT2D eigenvalue weighted by Gasteiger charge is 2.54. The lowest BCUT2D eigenvalue weighted by atomic mass is 10.1. The molecule has 32 heavy (non-hydrogen) atoms. The molecule has 3 heterocycles. The zero-order valence-corrected chi connectivity index (χ0v) is 18.8. The maximum absolute atomic E-state index is 11.7. The smallest absolute Gasteiger partial charge is 0.163 e. The summed E-state index contributed by atoms with van der Waals surface area (Å²) < 4.78 is 19.6. The van der Waals surface area contributed by atoms with Crippen LogP contribution >= 0.6 is 0 Å². The summed E-state index contributed by atoms with van der Waals surface area (Å²) in [6.45, 7) is 4.49. The van der Waals surface area contributed by atoms with Crippen LogP contribution in [0, 0.1) is 5.92 Å². The van der Waals surface area contributed by atoms with Crippen molar-refractivity contribution < 1.29 is 19.0 Å². The molecule has 0 N–H and O–H groups in total. The second kappa shape index (κ2) is 7.86. The molecule has 2 aliphatic rings. The van der Waals surface area contributed by atoms with Gasteiger partial charge < -0.3 is 28.5 Å². The third kappa shape index (κ3) is 3.53. The molecule has 3 aromatic rings. The molecule has 0 radical (unpaired) electrons. The Morgan fingerprint density at radius 1 is 1.19 bits per heavy atom. The number of fused-ring (bicyclic) bond motifs is 2. The highest BCUT2D eigenvalue weighted by atomic mass is 16.8. The predicted octanol–water partition coefficient (Wildman–Crippen LogP) is 3.36. The van der Waals surface area contributed by atoms with E-state index in [9.17, 15) is 4.79 Å². The largest absolute Gasteiger partial charge is 0.497 e. The van der Waals surface area contributed by atoms with E-state index in [0.29, 0.717) is 13.0 Å². The summed E-state index contributed by atoms with van der Waals surface area (Å²) >= 11 is 0. The van der Waals surface area contributed by atoms with E-state index in [-0.39, 0.29) is 24.2 Å². The van der Waals surface area contributed by atoms with Crippen LogP contribution in [0.5, 0.6) is 5.75 Å². The summed E-state index contributed by atoms with van der Waals surface area (Å²) in [5, 5.41) is 0.966. The van der Waals surface area contributed by atoms with E-state index in [1.54, 1.807) is 13.4 Å². The number of carbonyl (C=O) groups excluding carboxylic acids is 1. The Morgan fingerprint density at radius 3 is 2.66 bits per heavy atom. The van der Waals surface area contributed by atoms with E-state index in [1.165, 1.54) is 0 Å². The number of rotatable bonds is 6. The number of carbonyl (C=O) groups is 1. The molecule has 1 saturated carbocycles. The molecule has 0 amide bonds. The SMILES string of the molecule is COc1ccc(CN(C)c2ncnc3c2ccn3[C@@H]2C[C@H](C=O)[C@H]3OC(C)(C)O[C@H]32)cc1. The zero-order chi connectivity index (χ0) is 22.5. The van der Waals surface area contributed by atoms with Crippen LogP contribution in [0.15, 0.2) is 42.9 Å². The molecule has 8 heteroatoms. The minimum atomic E-state index is -0.697. The Labute approximate surface area is 187 Å². The normalized spacial score (nSPS) is 26.2. The van der Waals surface area contributed by atoms with Crippen molar-refractivity contribution in [3.63, 3.8) is 0 Å². The van der Waals surface area contributed by atoms with Gasteiger partial charge in [0.2, 0.25) is 0 Å². The Kier molecular flexibility index (Phi) is 5.14. The van der Waals surface area contributed by atoms with E-state index >= 15 is 0 Å². The van der Waals surface area contributed by atoms with E-state index in [4.69, 9.17) is 14.2 Å². The van der Waals surface area contributed by atoms with Gasteiger partial charge in [0.15, 0.2) is 5.79 Å². The van der Waals surface area contributed by atoms with Gasteiger partial charge in [0.1, 0.15) is 35.9 Å². The minimum absolute atomic E-state index is 0.0240. The Bertz CT molecular complexity index is 1130. The van der Waals surface area contributed by atoms with Gasteiger partial charge in [-0.2, -0.15) is 0 Å². The van der Waals surface area contributed by atoms with Crippen molar-refractivity contribution in [2.75, 3.05) is 19.1 Å². The van der Waals surface area contributed by atoms with E-state index < -0.39 is 5.79 Å². The van der Waals surface area contributed by atoms with Crippen molar-refractivity contribution >= 4 is 23.1 Å². The molecule has 1 aliphatic heterocycles. The predicted molar refractivity (Wildman–Crippen MR) is 120 cm³/mol. The Hall–Kier alpha value is -2.97. The fraction of sp³-hybridized carbons (Fsp3) is 0.458. The van der Waals surface area contributed by atoms with Gasteiger partial charge in [-0.3, -0.25) is 0 Å². The van der Waals surface area contributed by atoms with Crippen LogP contribution < -0.4 is 9.64 Å². The number of nitrogens with zero attached hydrogens (tertiary/aromatic N) is 4. The molecular weight excluding hydrogens is 408 g/mol. The number of hydrogen-bond acceptors (Lipinski definition) is 7. The molecule has 0 bridgehead atoms. The maximum atomic E-state index is 11.7. The highest BCUT2D eigenvalue weighted by Crippen LogP contribution is 2.47. The molecule has 2 aromatic heterocycles. The number of aromatic nitrogens is 3. The Morgan fingerprint density at radius 2 is 1.94 bits per heavy atom. The number of hydrogen-bond donors (Lipinski definition) is 0. The number of anilines is 1. The summed E-state index contributed by atoms with van der Waals surface area (Å²) in [7, 11) is 3.69. The van der Waals surface area contributed by atoms with Gasteiger partial charge in [-0.25, -0.2) is 9.97 Å². The van der Waals surface area contributed by atoms with E-state index in [1.807, 2.05) is 45.3 Å². The summed E-state index contributed by atoms with van der Waals surface area (Å²) in [4.78, 5) is 23.0. The number of ether oxygens (including phenoxy) is 3. The van der Waals surface area contributed by atoms with Crippen LogP contribution in [-0.4, -0.2) is 53.0 Å². The fourth-order valence-electron chi connectivity index (χ4n) is 5.01. The molecule has 4 atom stereocenters. The quantitative estimate of drug-likeness (QED) is 0.548. The minimum Gasteiger partial charge on any atom is -0.497 e. The van der Waals surface area contributed by atoms with Crippen molar-refractivity contribution in [1.29, 1.82) is 0 Å². The van der Waals surface area contributed by atoms with Crippen LogP contribution in [0.25, 0.3) is 11.0 Å². The third-order valence-electron chi connectivity index (χ3n) is 6.44. The van der Waals surface area contributed by atoms with Gasteiger partial charge in [-0.1, -0.05) is 12.1 Å². The lowest BCUT2D eigenvalue weighted by Gasteiger charge is -2.24. The fourth-order valence-corrected chi connectivity index (χ4v) is 5.01. The van der Waals surface area contributed by atoms with Crippen LogP contribution in [-0.2, 0) is 20.8 Å². The van der Waals surface area contributed by atoms with Crippen LogP contribution in [0.3, 0.4) is 0 Å². The molecule has 168 valence electrons. The van der Waals surface area contributed by atoms with Gasteiger partial charge in [0.25, 0.3) is 0 Å². The summed E-state index contributed by atoms with van der Waals surface area (Å²) in [6, 6.07) is 10.0. The first kappa shape index (κ1) is 20.9. The standard InChI is InChI=1S/C24H28N4O4/c1-24(2)31-20-16(13-29)11-19(21(20)32-24)28-10-9-18-22(25-14-26-23(18)28)27(3)12-15-5-7-17(30-4)8-6-15/h5-10,13-14,16,19-21H,11-12H2,1-4H3/t16-,19-,20-,21+/m1/s1. The lowest BCUT2D eigenvalue weighted by Crippen LogP contribution is -2.27. The van der Waals surface area contributed by atoms with Crippen LogP contribution in [0.1, 0.15) is 31.9 Å². The van der Waals surface area contributed by atoms with Crippen molar-refractivity contribution in [3.05, 3.63) is 48.4 Å². The monoisotopic (exact) mass is 436 g/mol. The average molecular weight is 437 g/mol. The van der Waals surface area contributed by atoms with Crippen molar-refractivity contribution in [2.24, 2.45) is 5.92 Å². The molecule has 1 aliphatic carbocycles. The molecule has 8 nitrogen and oxygen atoms in total. The molecule has 1 saturated heterocycles. The highest BCUT2D eigenvalue weighted by molar-refractivity contribution is 5.88. The molecular formula is C24H28N4O4. The molecule has 0 unspecified atom stereocenters. The number of benzene rings is 1. The second-order valence-corrected chi connectivity index (χ2v) is 9.03. The van der Waals surface area contributed by atoms with Crippen molar-refractivity contribution in [2.45, 2.75) is 50.8 Å². The van der Waals surface area contributed by atoms with E-state index in [2.05, 4.69) is 31.6 Å². The zero-order valence-electron chi connectivity index (χ0n) is 18.8. The summed E-state index contributed by atoms with van der Waals surface area (Å²) in [5.41, 5.74) is 1.99. The Balaban J connectivity index is 1.44. The molecule has 5 rings (SSSR count). The van der Waals surface area contributed by atoms with Gasteiger partial charge in [-0.15, -0.1) is 0 Å². The van der Waals surface area contributed by atoms with Gasteiger partial charge in [-0.05, 0) is 44.0 Å². The topological polar surface area (TPSA) is 78.7 Å². The average Bonchev–Trinajstić information content (AvgIpc) is 3.44. The molecule has 0 spiro atoms. The summed E-state index contributed by atoms with van der Waals surface area (Å²) in [5.74, 6) is 0.803. The second-order valence-electron chi connectivity index (χ2n) is 9.03. The number of aldehydes is 1. The first-order chi connectivity index (χ1) is 15.4. The number of methoxy groups -OCH3 is 1. The summed E-state index contributed by atoms with van der Waals surface area (Å²) in [6.07, 6.45) is 4.86. The first-order valence-electron chi connectivity index (χ1n) is 10.9. The van der Waals surface area contributed by atoms with E-state index in [0.717, 1.165) is 34.5 Å². The van der Waals surface area contributed by atoms with Crippen molar-refractivity contribution in [1.82, 2.24) is 14.5 Å². The van der Waals surface area contributed by atoms with Crippen LogP contribution in [0.4, 0.5) is 5.82 Å². The molecule has 2 fully saturated rings. The lowest BCUT2D eigenvalue weighted by molar-refractivity contribution is -0.160. The van der Waals surface area contributed by atoms with Gasteiger partial charge in [0, 0.05) is 25.7 Å². The third-order valence-corrected chi connectivity index (χ3v) is 6.44. The van der Waals surface area contributed by atoms with Crippen molar-refractivity contribution in [3.8, 4) is 5.75 Å². The van der Waals surface area contributed by atoms with Gasteiger partial charge >= 0.3 is 0 Å². The first-order valence-corrected chi connectivity index (χ1v) is 10.9. The van der Waals surface area contributed by atoms with Crippen LogP contribution in [0.2, 0.25) is 0 Å².